The number of ether oxygens (including phenoxy) is 6. The van der Waals surface area contributed by atoms with Gasteiger partial charge in [0.05, 0.1) is 24.3 Å². The van der Waals surface area contributed by atoms with Crippen LogP contribution in [0, 0.1) is 11.8 Å². The van der Waals surface area contributed by atoms with Crippen LogP contribution in [0.25, 0.3) is 0 Å². The molecule has 0 amide bonds. The number of aliphatic hydroxyl groups is 2. The molecule has 3 aliphatic heterocycles. The largest absolute Gasteiger partial charge is 0.453 e. The lowest BCUT2D eigenvalue weighted by Gasteiger charge is -2.62. The molecular weight excluding hydrogens is 544 g/mol. The lowest BCUT2D eigenvalue weighted by Crippen LogP contribution is -2.78. The third kappa shape index (κ3) is 5.25. The number of esters is 2. The Morgan fingerprint density at radius 2 is 1.07 bits per heavy atom. The van der Waals surface area contributed by atoms with Gasteiger partial charge in [0, 0.05) is 12.8 Å². The van der Waals surface area contributed by atoms with Gasteiger partial charge in [-0.2, -0.15) is 0 Å². The molecule has 42 heavy (non-hydrogen) atoms. The maximum atomic E-state index is 13.2. The number of hydrogen-bond donors (Lipinski definition) is 2. The van der Waals surface area contributed by atoms with Crippen LogP contribution >= 0.6 is 0 Å². The standard InChI is InChI=1S/C32H38O10/c1-19-13-15-37-31(17-19)32(18-20(2)14-16-38-32)42-28-26(40-30(36)22-11-7-4-8-12-22)24(34)23(33)25(27(28)41-31)39-29(35)21-9-5-3-6-10-21/h3-12,19-20,23-28,33-34H,13-18H2,1-2H3/t19-,20+,23-,24-,25+,26-,27-,28-,31+,32+/m1/s1. The number of carbonyl (C=O) groups excluding carboxylic acids is 2. The van der Waals surface area contributed by atoms with Gasteiger partial charge in [-0.1, -0.05) is 50.2 Å². The van der Waals surface area contributed by atoms with Gasteiger partial charge in [-0.05, 0) is 48.9 Å². The van der Waals surface area contributed by atoms with Gasteiger partial charge in [-0.25, -0.2) is 9.59 Å². The van der Waals surface area contributed by atoms with Gasteiger partial charge in [0.15, 0.2) is 12.2 Å². The fourth-order valence-corrected chi connectivity index (χ4v) is 6.63. The molecule has 4 fully saturated rings. The number of fused-ring (bicyclic) bond motifs is 2. The summed E-state index contributed by atoms with van der Waals surface area (Å²) in [6.07, 6.45) is -5.83. The van der Waals surface area contributed by atoms with Crippen molar-refractivity contribution in [3.8, 4) is 0 Å². The summed E-state index contributed by atoms with van der Waals surface area (Å²) in [6, 6.07) is 16.7. The molecular formula is C32H38O10. The normalized spacial score (nSPS) is 39.8. The highest BCUT2D eigenvalue weighted by atomic mass is 16.8. The van der Waals surface area contributed by atoms with Crippen molar-refractivity contribution in [3.05, 3.63) is 71.8 Å². The van der Waals surface area contributed by atoms with E-state index in [9.17, 15) is 19.8 Å². The Morgan fingerprint density at radius 1 is 0.690 bits per heavy atom. The molecule has 10 atom stereocenters. The Hall–Kier alpha value is -2.86. The highest BCUT2D eigenvalue weighted by Gasteiger charge is 2.70. The van der Waals surface area contributed by atoms with Gasteiger partial charge in [0.2, 0.25) is 11.6 Å². The summed E-state index contributed by atoms with van der Waals surface area (Å²) in [7, 11) is 0. The first-order chi connectivity index (χ1) is 20.2. The van der Waals surface area contributed by atoms with Gasteiger partial charge in [0.25, 0.3) is 0 Å². The van der Waals surface area contributed by atoms with Crippen LogP contribution in [-0.2, 0) is 28.4 Å². The van der Waals surface area contributed by atoms with E-state index in [4.69, 9.17) is 28.4 Å². The topological polar surface area (TPSA) is 130 Å². The Morgan fingerprint density at radius 3 is 1.43 bits per heavy atom. The molecule has 10 heteroatoms. The molecule has 0 aromatic heterocycles. The molecule has 226 valence electrons. The average molecular weight is 583 g/mol. The van der Waals surface area contributed by atoms with Crippen molar-refractivity contribution in [1.82, 2.24) is 0 Å². The molecule has 3 heterocycles. The lowest BCUT2D eigenvalue weighted by atomic mass is 9.78. The first-order valence-corrected chi connectivity index (χ1v) is 14.7. The molecule has 10 nitrogen and oxygen atoms in total. The minimum absolute atomic E-state index is 0.202. The second-order valence-electron chi connectivity index (χ2n) is 12.0. The van der Waals surface area contributed by atoms with Crippen LogP contribution in [0.3, 0.4) is 0 Å². The molecule has 1 aliphatic carbocycles. The van der Waals surface area contributed by atoms with Crippen LogP contribution in [0.15, 0.2) is 60.7 Å². The minimum atomic E-state index is -1.66. The fraction of sp³-hybridized carbons (Fsp3) is 0.562. The monoisotopic (exact) mass is 582 g/mol. The van der Waals surface area contributed by atoms with Gasteiger partial charge in [-0.15, -0.1) is 0 Å². The van der Waals surface area contributed by atoms with E-state index < -0.39 is 60.1 Å². The van der Waals surface area contributed by atoms with Crippen molar-refractivity contribution < 1.29 is 48.2 Å². The van der Waals surface area contributed by atoms with E-state index in [-0.39, 0.29) is 23.0 Å². The summed E-state index contributed by atoms with van der Waals surface area (Å²) < 4.78 is 38.1. The van der Waals surface area contributed by atoms with E-state index >= 15 is 0 Å². The van der Waals surface area contributed by atoms with Crippen LogP contribution in [0.1, 0.15) is 60.2 Å². The van der Waals surface area contributed by atoms with Gasteiger partial charge in [0.1, 0.15) is 24.4 Å². The third-order valence-corrected chi connectivity index (χ3v) is 8.86. The zero-order chi connectivity index (χ0) is 29.5. The molecule has 2 aromatic carbocycles. The summed E-state index contributed by atoms with van der Waals surface area (Å²) >= 11 is 0. The number of benzene rings is 2. The zero-order valence-electron chi connectivity index (χ0n) is 23.8. The summed E-state index contributed by atoms with van der Waals surface area (Å²) in [5.74, 6) is -3.74. The van der Waals surface area contributed by atoms with Crippen molar-refractivity contribution in [2.24, 2.45) is 11.8 Å². The van der Waals surface area contributed by atoms with Crippen molar-refractivity contribution in [2.45, 2.75) is 87.7 Å². The maximum Gasteiger partial charge on any atom is 0.338 e. The predicted molar refractivity (Wildman–Crippen MR) is 147 cm³/mol. The maximum absolute atomic E-state index is 13.2. The summed E-state index contributed by atoms with van der Waals surface area (Å²) in [4.78, 5) is 26.4. The number of hydrogen-bond acceptors (Lipinski definition) is 10. The van der Waals surface area contributed by atoms with Crippen molar-refractivity contribution in [1.29, 1.82) is 0 Å². The Bertz CT molecular complexity index is 1160. The SMILES string of the molecule is C[C@@H]1CCO[C@@]2(C1)O[C@H]1[C@H](O[C@@]23C[C@@H](C)CCO3)[C@H](OC(=O)c2ccccc2)[C@H](O)[C@@H](O)[C@@H]1OC(=O)c1ccccc1. The molecule has 3 saturated heterocycles. The third-order valence-electron chi connectivity index (χ3n) is 8.86. The van der Waals surface area contributed by atoms with E-state index in [1.165, 1.54) is 0 Å². The molecule has 2 spiro atoms. The highest BCUT2D eigenvalue weighted by molar-refractivity contribution is 5.90. The number of aliphatic hydroxyl groups excluding tert-OH is 2. The average Bonchev–Trinajstić information content (AvgIpc) is 2.99. The second kappa shape index (κ2) is 11.7. The van der Waals surface area contributed by atoms with E-state index in [2.05, 4.69) is 13.8 Å². The Balaban J connectivity index is 1.39. The van der Waals surface area contributed by atoms with Crippen LogP contribution in [0.4, 0.5) is 0 Å². The second-order valence-corrected chi connectivity index (χ2v) is 12.0. The predicted octanol–water partition coefficient (Wildman–Crippen LogP) is 3.24. The van der Waals surface area contributed by atoms with Crippen LogP contribution in [0.5, 0.6) is 0 Å². The summed E-state index contributed by atoms with van der Waals surface area (Å²) in [5.41, 5.74) is 0.534. The Kier molecular flexibility index (Phi) is 8.12. The van der Waals surface area contributed by atoms with Crippen molar-refractivity contribution in [2.75, 3.05) is 13.2 Å². The lowest BCUT2D eigenvalue weighted by molar-refractivity contribution is -0.502. The molecule has 6 rings (SSSR count). The number of rotatable bonds is 4. The fourth-order valence-electron chi connectivity index (χ4n) is 6.63. The van der Waals surface area contributed by atoms with Gasteiger partial charge >= 0.3 is 11.9 Å². The van der Waals surface area contributed by atoms with Gasteiger partial charge < -0.3 is 38.6 Å². The molecule has 0 bridgehead atoms. The van der Waals surface area contributed by atoms with Gasteiger partial charge in [-0.3, -0.25) is 0 Å². The van der Waals surface area contributed by atoms with Crippen LogP contribution in [-0.4, -0.2) is 83.6 Å². The van der Waals surface area contributed by atoms with E-state index in [0.29, 0.717) is 26.1 Å². The van der Waals surface area contributed by atoms with Crippen LogP contribution in [0.2, 0.25) is 0 Å². The molecule has 2 aromatic rings. The van der Waals surface area contributed by atoms with Crippen molar-refractivity contribution in [3.63, 3.8) is 0 Å². The van der Waals surface area contributed by atoms with E-state index in [1.807, 2.05) is 0 Å². The van der Waals surface area contributed by atoms with Crippen LogP contribution < -0.4 is 0 Å². The van der Waals surface area contributed by atoms with E-state index in [0.717, 1.165) is 12.8 Å². The highest BCUT2D eigenvalue weighted by Crippen LogP contribution is 2.53. The zero-order valence-corrected chi connectivity index (χ0v) is 23.8. The quantitative estimate of drug-likeness (QED) is 0.518. The molecule has 4 aliphatic rings. The summed E-state index contributed by atoms with van der Waals surface area (Å²) in [5, 5.41) is 22.8. The van der Waals surface area contributed by atoms with E-state index in [1.54, 1.807) is 60.7 Å². The molecule has 0 unspecified atom stereocenters. The summed E-state index contributed by atoms with van der Waals surface area (Å²) in [6.45, 7) is 4.98. The molecule has 0 radical (unpaired) electrons. The Labute approximate surface area is 244 Å². The molecule has 1 saturated carbocycles. The first kappa shape index (κ1) is 29.2. The number of carbonyl (C=O) groups is 2. The van der Waals surface area contributed by atoms with Crippen molar-refractivity contribution >= 4 is 11.9 Å². The smallest absolute Gasteiger partial charge is 0.338 e. The minimum Gasteiger partial charge on any atom is -0.453 e. The molecule has 2 N–H and O–H groups in total. The first-order valence-electron chi connectivity index (χ1n) is 14.7.